The quantitative estimate of drug-likeness (QED) is 0.461. The molecule has 0 atom stereocenters. The third kappa shape index (κ3) is 3.64. The van der Waals surface area contributed by atoms with Crippen LogP contribution in [-0.4, -0.2) is 47.0 Å². The third-order valence-electron chi connectivity index (χ3n) is 5.55. The predicted octanol–water partition coefficient (Wildman–Crippen LogP) is 4.43. The Morgan fingerprint density at radius 3 is 2.36 bits per heavy atom. The summed E-state index contributed by atoms with van der Waals surface area (Å²) < 4.78 is 52.8. The highest BCUT2D eigenvalue weighted by Crippen LogP contribution is 2.39. The summed E-state index contributed by atoms with van der Waals surface area (Å²) in [7, 11) is -0.919. The number of benzene rings is 1. The van der Waals surface area contributed by atoms with E-state index >= 15 is 4.39 Å². The molecule has 0 fully saturated rings. The van der Waals surface area contributed by atoms with E-state index in [0.717, 1.165) is 5.69 Å². The molecular weight excluding hydrogens is 447 g/mol. The number of aromatic amines is 1. The zero-order chi connectivity index (χ0) is 24.1. The van der Waals surface area contributed by atoms with E-state index in [2.05, 4.69) is 15.2 Å². The first-order valence-corrected chi connectivity index (χ1v) is 11.7. The Bertz CT molecular complexity index is 1470. The van der Waals surface area contributed by atoms with Gasteiger partial charge in [0.05, 0.1) is 37.1 Å². The van der Waals surface area contributed by atoms with Crippen LogP contribution in [0.3, 0.4) is 0 Å². The summed E-state index contributed by atoms with van der Waals surface area (Å²) >= 11 is 0. The molecule has 8 nitrogen and oxygen atoms in total. The standard InChI is InChI=1S/C23H25FN4O4S/c1-13-16(10-26-27-13)15-7-14(8-17(24)22(15)32-6)18-11-25-21-9-19(31-5)20(12-28(18)21)33(29,30)23(2,3)4/h7-12H,1-6H3,(H,26,27). The number of H-pyrrole nitrogens is 1. The van der Waals surface area contributed by atoms with Gasteiger partial charge in [0.2, 0.25) is 0 Å². The molecule has 0 aliphatic rings. The first kappa shape index (κ1) is 22.8. The molecular formula is C23H25FN4O4S. The molecule has 0 saturated carbocycles. The van der Waals surface area contributed by atoms with E-state index in [4.69, 9.17) is 9.47 Å². The van der Waals surface area contributed by atoms with E-state index in [-0.39, 0.29) is 16.4 Å². The molecule has 3 aromatic heterocycles. The molecule has 0 bridgehead atoms. The highest BCUT2D eigenvalue weighted by atomic mass is 32.2. The summed E-state index contributed by atoms with van der Waals surface area (Å²) in [5.74, 6) is -0.267. The minimum atomic E-state index is -3.74. The number of halogens is 1. The molecule has 0 aliphatic carbocycles. The van der Waals surface area contributed by atoms with Crippen LogP contribution >= 0.6 is 0 Å². The van der Waals surface area contributed by atoms with Gasteiger partial charge in [-0.25, -0.2) is 17.8 Å². The number of aryl methyl sites for hydroxylation is 1. The number of aromatic nitrogens is 4. The summed E-state index contributed by atoms with van der Waals surface area (Å²) in [5, 5.41) is 6.87. The van der Waals surface area contributed by atoms with Crippen LogP contribution in [-0.2, 0) is 9.84 Å². The number of imidazole rings is 1. The van der Waals surface area contributed by atoms with Crippen molar-refractivity contribution < 1.29 is 22.3 Å². The maximum Gasteiger partial charge on any atom is 0.188 e. The normalized spacial score (nSPS) is 12.3. The van der Waals surface area contributed by atoms with Gasteiger partial charge >= 0.3 is 0 Å². The molecule has 10 heteroatoms. The Labute approximate surface area is 191 Å². The lowest BCUT2D eigenvalue weighted by Gasteiger charge is -2.21. The summed E-state index contributed by atoms with van der Waals surface area (Å²) in [6.07, 6.45) is 4.64. The number of ether oxygens (including phenoxy) is 2. The molecule has 33 heavy (non-hydrogen) atoms. The summed E-state index contributed by atoms with van der Waals surface area (Å²) in [6, 6.07) is 4.66. The van der Waals surface area contributed by atoms with Crippen molar-refractivity contribution in [2.45, 2.75) is 37.3 Å². The largest absolute Gasteiger partial charge is 0.495 e. The molecule has 0 saturated heterocycles. The van der Waals surface area contributed by atoms with Gasteiger partial charge in [0.15, 0.2) is 21.4 Å². The van der Waals surface area contributed by atoms with Gasteiger partial charge in [-0.3, -0.25) is 9.50 Å². The van der Waals surface area contributed by atoms with Gasteiger partial charge < -0.3 is 9.47 Å². The number of methoxy groups -OCH3 is 2. The van der Waals surface area contributed by atoms with Crippen molar-refractivity contribution >= 4 is 15.5 Å². The third-order valence-corrected chi connectivity index (χ3v) is 8.05. The van der Waals surface area contributed by atoms with Gasteiger partial charge in [-0.15, -0.1) is 0 Å². The van der Waals surface area contributed by atoms with E-state index in [1.165, 1.54) is 26.5 Å². The highest BCUT2D eigenvalue weighted by molar-refractivity contribution is 7.92. The van der Waals surface area contributed by atoms with E-state index in [9.17, 15) is 8.42 Å². The fraction of sp³-hybridized carbons (Fsp3) is 0.304. The number of fused-ring (bicyclic) bond motifs is 1. The second-order valence-corrected chi connectivity index (χ2v) is 11.3. The fourth-order valence-electron chi connectivity index (χ4n) is 3.66. The van der Waals surface area contributed by atoms with Crippen molar-refractivity contribution in [3.63, 3.8) is 0 Å². The Balaban J connectivity index is 1.99. The van der Waals surface area contributed by atoms with Crippen molar-refractivity contribution in [1.29, 1.82) is 0 Å². The van der Waals surface area contributed by atoms with Gasteiger partial charge in [0.1, 0.15) is 16.3 Å². The molecule has 4 rings (SSSR count). The minimum absolute atomic E-state index is 0.0316. The van der Waals surface area contributed by atoms with Crippen LogP contribution in [0.1, 0.15) is 26.5 Å². The van der Waals surface area contributed by atoms with Gasteiger partial charge in [0.25, 0.3) is 0 Å². The second-order valence-electron chi connectivity index (χ2n) is 8.64. The van der Waals surface area contributed by atoms with Gasteiger partial charge in [-0.2, -0.15) is 5.10 Å². The van der Waals surface area contributed by atoms with E-state index in [1.54, 1.807) is 49.7 Å². The number of hydrogen-bond acceptors (Lipinski definition) is 6. The molecule has 1 aromatic carbocycles. The number of nitrogens with one attached hydrogen (secondary N) is 1. The number of sulfone groups is 1. The molecule has 3 heterocycles. The molecule has 1 N–H and O–H groups in total. The van der Waals surface area contributed by atoms with Crippen LogP contribution in [0.2, 0.25) is 0 Å². The van der Waals surface area contributed by atoms with Crippen molar-refractivity contribution in [3.8, 4) is 33.9 Å². The Morgan fingerprint density at radius 1 is 1.06 bits per heavy atom. The maximum atomic E-state index is 15.1. The lowest BCUT2D eigenvalue weighted by molar-refractivity contribution is 0.388. The fourth-order valence-corrected chi connectivity index (χ4v) is 4.97. The number of rotatable bonds is 5. The first-order valence-electron chi connectivity index (χ1n) is 10.2. The molecule has 4 aromatic rings. The molecule has 0 spiro atoms. The zero-order valence-electron chi connectivity index (χ0n) is 19.2. The van der Waals surface area contributed by atoms with Crippen LogP contribution in [0.15, 0.2) is 41.7 Å². The Morgan fingerprint density at radius 2 is 1.79 bits per heavy atom. The maximum absolute atomic E-state index is 15.1. The van der Waals surface area contributed by atoms with Crippen LogP contribution < -0.4 is 9.47 Å². The average molecular weight is 473 g/mol. The molecule has 0 unspecified atom stereocenters. The first-order chi connectivity index (χ1) is 15.5. The van der Waals surface area contributed by atoms with Crippen molar-refractivity contribution in [1.82, 2.24) is 19.6 Å². The van der Waals surface area contributed by atoms with E-state index < -0.39 is 20.4 Å². The van der Waals surface area contributed by atoms with Gasteiger partial charge in [0, 0.05) is 34.6 Å². The van der Waals surface area contributed by atoms with E-state index in [0.29, 0.717) is 28.0 Å². The van der Waals surface area contributed by atoms with E-state index in [1.807, 2.05) is 6.92 Å². The number of hydrogen-bond donors (Lipinski definition) is 1. The molecule has 174 valence electrons. The number of pyridine rings is 1. The lowest BCUT2D eigenvalue weighted by atomic mass is 10.0. The minimum Gasteiger partial charge on any atom is -0.495 e. The van der Waals surface area contributed by atoms with Crippen molar-refractivity contribution in [3.05, 3.63) is 48.3 Å². The lowest BCUT2D eigenvalue weighted by Crippen LogP contribution is -2.28. The monoisotopic (exact) mass is 472 g/mol. The summed E-state index contributed by atoms with van der Waals surface area (Å²) in [6.45, 7) is 6.70. The van der Waals surface area contributed by atoms with Gasteiger partial charge in [-0.1, -0.05) is 0 Å². The smallest absolute Gasteiger partial charge is 0.188 e. The molecule has 0 aliphatic heterocycles. The Kier molecular flexibility index (Phi) is 5.44. The zero-order valence-corrected chi connectivity index (χ0v) is 20.0. The van der Waals surface area contributed by atoms with Crippen LogP contribution in [0, 0.1) is 12.7 Å². The van der Waals surface area contributed by atoms with Gasteiger partial charge in [-0.05, 0) is 39.8 Å². The predicted molar refractivity (Wildman–Crippen MR) is 123 cm³/mol. The highest BCUT2D eigenvalue weighted by Gasteiger charge is 2.34. The molecule has 0 radical (unpaired) electrons. The average Bonchev–Trinajstić information content (AvgIpc) is 3.36. The van der Waals surface area contributed by atoms with Crippen molar-refractivity contribution in [2.75, 3.05) is 14.2 Å². The molecule has 0 amide bonds. The number of nitrogens with zero attached hydrogens (tertiary/aromatic N) is 3. The Hall–Kier alpha value is -3.40. The van der Waals surface area contributed by atoms with Crippen molar-refractivity contribution in [2.24, 2.45) is 0 Å². The van der Waals surface area contributed by atoms with Crippen LogP contribution in [0.25, 0.3) is 28.0 Å². The summed E-state index contributed by atoms with van der Waals surface area (Å²) in [5.41, 5.74) is 3.45. The van der Waals surface area contributed by atoms with Crippen LogP contribution in [0.4, 0.5) is 4.39 Å². The second kappa shape index (κ2) is 7.87. The topological polar surface area (TPSA) is 98.6 Å². The SMILES string of the molecule is COc1cc2ncc(-c3cc(F)c(OC)c(-c4cn[nH]c4C)c3)n2cc1S(=O)(=O)C(C)(C)C. The van der Waals surface area contributed by atoms with Crippen LogP contribution in [0.5, 0.6) is 11.5 Å². The summed E-state index contributed by atoms with van der Waals surface area (Å²) in [4.78, 5) is 4.42.